The highest BCUT2D eigenvalue weighted by Gasteiger charge is 2.49. The molecule has 1 aromatic carbocycles. The molecule has 10 heteroatoms. The summed E-state index contributed by atoms with van der Waals surface area (Å²) < 4.78 is 0. The molecule has 4 heterocycles. The smallest absolute Gasteiger partial charge is 0.306 e. The Morgan fingerprint density at radius 1 is 0.982 bits per heavy atom. The maximum Gasteiger partial charge on any atom is 0.306 e. The number of hydrogen-bond donors (Lipinski definition) is 8. The van der Waals surface area contributed by atoms with Crippen molar-refractivity contribution in [1.29, 1.82) is 0 Å². The Balaban J connectivity index is 1.20. The number of nitrogens with one attached hydrogen (secondary N) is 4. The van der Waals surface area contributed by atoms with E-state index >= 15 is 0 Å². The number of quaternary nitrogens is 1. The first-order valence-corrected chi connectivity index (χ1v) is 22.4. The van der Waals surface area contributed by atoms with Crippen LogP contribution in [0.15, 0.2) is 29.3 Å². The summed E-state index contributed by atoms with van der Waals surface area (Å²) in [4.78, 5) is 18.3. The van der Waals surface area contributed by atoms with Gasteiger partial charge in [0.2, 0.25) is 0 Å². The lowest BCUT2D eigenvalue weighted by molar-refractivity contribution is -0.914. The topological polar surface area (TPSA) is 157 Å². The van der Waals surface area contributed by atoms with Crippen LogP contribution in [0.3, 0.4) is 0 Å². The van der Waals surface area contributed by atoms with Gasteiger partial charge in [-0.05, 0) is 113 Å². The van der Waals surface area contributed by atoms with Gasteiger partial charge in [0.05, 0.1) is 36.5 Å². The molecule has 2 spiro atoms. The van der Waals surface area contributed by atoms with Gasteiger partial charge < -0.3 is 36.6 Å². The molecule has 0 radical (unpaired) electrons. The highest BCUT2D eigenvalue weighted by molar-refractivity contribution is 5.68. The third kappa shape index (κ3) is 9.86. The number of aliphatic hydroxyl groups excluding tert-OH is 1. The Labute approximate surface area is 331 Å². The Morgan fingerprint density at radius 3 is 2.49 bits per heavy atom. The second kappa shape index (κ2) is 17.5. The number of β-amino-alcohol motifs (C(OH)–C–C–N with tert-alkyl or cyclic N) is 1. The Bertz CT molecular complexity index is 1450. The third-order valence-corrected chi connectivity index (χ3v) is 15.8. The lowest BCUT2D eigenvalue weighted by Crippen LogP contribution is -3.16. The van der Waals surface area contributed by atoms with Crippen LogP contribution in [0.5, 0.6) is 0 Å². The van der Waals surface area contributed by atoms with Crippen molar-refractivity contribution >= 4 is 12.2 Å². The number of aliphatic carboxylic acids is 1. The van der Waals surface area contributed by atoms with Gasteiger partial charge in [0.1, 0.15) is 12.6 Å². The fraction of sp³-hybridized carbons (Fsp3) is 0.822. The molecule has 7 rings (SSSR count). The second-order valence-electron chi connectivity index (χ2n) is 20.0. The number of rotatable bonds is 6. The minimum absolute atomic E-state index is 0.0286. The molecule has 55 heavy (non-hydrogen) atoms. The average Bonchev–Trinajstić information content (AvgIpc) is 3.87. The van der Waals surface area contributed by atoms with Crippen molar-refractivity contribution < 1.29 is 25.0 Å². The first kappa shape index (κ1) is 41.2. The lowest BCUT2D eigenvalue weighted by atomic mass is 9.61. The minimum atomic E-state index is -1.31. The van der Waals surface area contributed by atoms with Gasteiger partial charge in [-0.15, -0.1) is 0 Å². The van der Waals surface area contributed by atoms with Gasteiger partial charge in [0, 0.05) is 36.0 Å². The van der Waals surface area contributed by atoms with E-state index < -0.39 is 11.6 Å². The van der Waals surface area contributed by atoms with Gasteiger partial charge >= 0.3 is 5.97 Å². The molecule has 6 aliphatic rings. The third-order valence-electron chi connectivity index (χ3n) is 15.8. The van der Waals surface area contributed by atoms with E-state index in [2.05, 4.69) is 65.3 Å². The standard InChI is InChI=1S/C45H74N6O4/c1-32-38(52)26-37(51-23-22-47-31-51)36(49-32)14-13-33-11-9-17-43(15-6-7-16-43)20-21-44(55,29-41(53)54)30-48-42(2)27-39(50-40(46)28-42)45(18-4-3-5-19-45)35-12-8-10-34(24-33)25-35/h8,10,12,22,25,32-33,36-40,48-50,52,55H,3-7,9,11,13-21,23-24,26-31,46H2,1-2H3,(H,53,54)/p+1/t32-,33+,36+,37-,38+,39+,40-,42-,44+/m0/s1. The highest BCUT2D eigenvalue weighted by atomic mass is 16.4. The number of nitrogens with zero attached hydrogens (tertiary/aromatic N) is 1. The van der Waals surface area contributed by atoms with Gasteiger partial charge in [-0.1, -0.05) is 69.2 Å². The van der Waals surface area contributed by atoms with Crippen LogP contribution in [0.1, 0.15) is 153 Å². The van der Waals surface area contributed by atoms with Crippen molar-refractivity contribution in [2.24, 2.45) is 22.1 Å². The summed E-state index contributed by atoms with van der Waals surface area (Å²) in [6.45, 7) is 6.41. The van der Waals surface area contributed by atoms with Crippen LogP contribution in [-0.2, 0) is 16.6 Å². The van der Waals surface area contributed by atoms with Gasteiger partial charge in [0.25, 0.3) is 0 Å². The number of carboxylic acids is 1. The molecule has 0 amide bonds. The summed E-state index contributed by atoms with van der Waals surface area (Å²) in [5, 5.41) is 44.6. The number of aliphatic imine (C=N–C) groups is 1. The molecule has 2 saturated carbocycles. The lowest BCUT2D eigenvalue weighted by Gasteiger charge is -2.53. The molecule has 4 fully saturated rings. The van der Waals surface area contributed by atoms with Crippen LogP contribution in [0.25, 0.3) is 0 Å². The summed E-state index contributed by atoms with van der Waals surface area (Å²) in [6.07, 6.45) is 22.7. The number of nitrogens with two attached hydrogens (primary N) is 1. The van der Waals surface area contributed by atoms with E-state index in [4.69, 9.17) is 5.73 Å². The van der Waals surface area contributed by atoms with Crippen molar-refractivity contribution in [3.8, 4) is 0 Å². The van der Waals surface area contributed by atoms with Crippen LogP contribution in [0.4, 0.5) is 0 Å². The number of carboxylic acid groups (broad SMARTS) is 1. The molecule has 10 nitrogen and oxygen atoms in total. The van der Waals surface area contributed by atoms with E-state index in [-0.39, 0.29) is 53.7 Å². The van der Waals surface area contributed by atoms with E-state index in [0.717, 1.165) is 83.8 Å². The Kier molecular flexibility index (Phi) is 13.1. The summed E-state index contributed by atoms with van der Waals surface area (Å²) in [6, 6.07) is 10.6. The molecular formula is C45H75N6O4+. The number of aliphatic hydroxyl groups is 2. The molecule has 0 aromatic heterocycles. The van der Waals surface area contributed by atoms with Crippen LogP contribution < -0.4 is 26.6 Å². The molecule has 1 unspecified atom stereocenters. The largest absolute Gasteiger partial charge is 0.481 e. The fourth-order valence-electron chi connectivity index (χ4n) is 12.6. The number of carbonyl (C=O) groups is 1. The van der Waals surface area contributed by atoms with Gasteiger partial charge in [-0.3, -0.25) is 10.1 Å². The highest BCUT2D eigenvalue weighted by Crippen LogP contribution is 2.49. The van der Waals surface area contributed by atoms with Crippen molar-refractivity contribution in [2.75, 3.05) is 19.8 Å². The van der Waals surface area contributed by atoms with Crippen LogP contribution >= 0.6 is 0 Å². The minimum Gasteiger partial charge on any atom is -0.481 e. The molecule has 1 aromatic rings. The maximum absolute atomic E-state index is 12.2. The molecule has 9 N–H and O–H groups in total. The number of benzene rings is 1. The summed E-state index contributed by atoms with van der Waals surface area (Å²) in [7, 11) is 0. The molecule has 4 bridgehead atoms. The fourth-order valence-corrected chi connectivity index (χ4v) is 12.6. The van der Waals surface area contributed by atoms with Crippen molar-refractivity contribution in [1.82, 2.24) is 16.0 Å². The van der Waals surface area contributed by atoms with E-state index in [0.29, 0.717) is 24.4 Å². The van der Waals surface area contributed by atoms with Gasteiger partial charge in [-0.25, -0.2) is 4.99 Å². The van der Waals surface area contributed by atoms with Crippen molar-refractivity contribution in [3.05, 3.63) is 35.4 Å². The first-order valence-electron chi connectivity index (χ1n) is 22.4. The van der Waals surface area contributed by atoms with E-state index in [1.165, 1.54) is 67.4 Å². The Morgan fingerprint density at radius 2 is 1.75 bits per heavy atom. The van der Waals surface area contributed by atoms with Crippen molar-refractivity contribution in [2.45, 2.75) is 202 Å². The number of piperidine rings is 2. The zero-order valence-corrected chi connectivity index (χ0v) is 34.2. The summed E-state index contributed by atoms with van der Waals surface area (Å²) >= 11 is 0. The van der Waals surface area contributed by atoms with Crippen LogP contribution in [-0.4, -0.2) is 94.8 Å². The first-order chi connectivity index (χ1) is 26.4. The van der Waals surface area contributed by atoms with E-state index in [1.807, 2.05) is 0 Å². The zero-order valence-electron chi connectivity index (χ0n) is 34.2. The second-order valence-corrected chi connectivity index (χ2v) is 20.0. The molecule has 2 aliphatic carbocycles. The molecule has 2 saturated heterocycles. The number of fused-ring (bicyclic) bond motifs is 6. The average molecular weight is 764 g/mol. The Hall–Kier alpha value is -1.92. The van der Waals surface area contributed by atoms with Crippen LogP contribution in [0.2, 0.25) is 0 Å². The normalized spacial score (nSPS) is 39.8. The quantitative estimate of drug-likeness (QED) is 0.213. The van der Waals surface area contributed by atoms with Crippen molar-refractivity contribution in [3.63, 3.8) is 0 Å². The maximum atomic E-state index is 12.2. The molecule has 4 aliphatic heterocycles. The van der Waals surface area contributed by atoms with Gasteiger partial charge in [-0.2, -0.15) is 0 Å². The van der Waals surface area contributed by atoms with Gasteiger partial charge in [0.15, 0.2) is 6.67 Å². The molecular weight excluding hydrogens is 689 g/mol. The van der Waals surface area contributed by atoms with Crippen LogP contribution in [0, 0.1) is 11.3 Å². The molecule has 308 valence electrons. The zero-order chi connectivity index (χ0) is 38.7. The predicted molar refractivity (Wildman–Crippen MR) is 219 cm³/mol. The number of hydrogen-bond acceptors (Lipinski definition) is 8. The monoisotopic (exact) mass is 764 g/mol. The SMILES string of the molecule is C[C@@H]1N[C@H](CC[C@H]2CCCC3(CCCC3)CC[C@@](O)(CC(=O)O)CN[C@]3(C)C[C@@H](N)N[C@H](C3)C3(CCCCC3)c3cccc(c3)C2)[C@@H]([NH+]2CC=NC2)C[C@H]1O. The summed E-state index contributed by atoms with van der Waals surface area (Å²) in [5.41, 5.74) is 8.28. The predicted octanol–water partition coefficient (Wildman–Crippen LogP) is 4.35. The molecule has 10 atom stereocenters. The van der Waals surface area contributed by atoms with E-state index in [1.54, 1.807) is 0 Å². The summed E-state index contributed by atoms with van der Waals surface area (Å²) in [5.74, 6) is -0.389. The van der Waals surface area contributed by atoms with E-state index in [9.17, 15) is 20.1 Å².